The molecule has 6 aromatic carbocycles. The SMILES string of the molecule is Cc1ccnc2ccccc12.O=C(Nc1cc2ccc(S(=O)(=O)[O-])cc2cc1SOO[O-])c1cccc(C(=O)Nc2cc3ccc(SOO[O-])cc3cc2S(=O)(=O)[O-])c1. The number of aryl methyl sites for hydroxylation is 1. The number of carbonyl (C=O) groups excluding carboxylic acids is 2. The molecule has 0 saturated carbocycles. The number of fused-ring (bicyclic) bond motifs is 3. The molecule has 7 aromatic rings. The number of aromatic nitrogens is 1. The number of anilines is 2. The molecular formula is C38H25N3O14S4-4. The normalized spacial score (nSPS) is 11.6. The second-order valence-corrected chi connectivity index (χ2v) is 16.4. The zero-order chi connectivity index (χ0) is 42.3. The third-order valence-corrected chi connectivity index (χ3v) is 11.4. The van der Waals surface area contributed by atoms with Crippen LogP contribution in [-0.4, -0.2) is 42.7 Å². The van der Waals surface area contributed by atoms with E-state index < -0.39 is 41.8 Å². The highest BCUT2D eigenvalue weighted by molar-refractivity contribution is 7.95. The lowest BCUT2D eigenvalue weighted by molar-refractivity contribution is -0.777. The van der Waals surface area contributed by atoms with Crippen molar-refractivity contribution in [1.29, 1.82) is 0 Å². The molecule has 1 heterocycles. The van der Waals surface area contributed by atoms with Gasteiger partial charge in [0.1, 0.15) is 20.2 Å². The minimum absolute atomic E-state index is 0.0445. The van der Waals surface area contributed by atoms with Crippen molar-refractivity contribution in [3.05, 3.63) is 138 Å². The standard InChI is InChI=1S/C28H20N2O14S4.C10H9N/c31-27(29-23-11-16-5-7-22(47(35,36)37)10-20(16)13-25(23)46-44-42-34)17-2-1-3-18(8-17)28(32)30-24-12-15-4-6-21(45-43-41-33)9-19(15)14-26(24)48(38,39)40;1-8-6-7-11-10-5-3-2-4-9(8)10/h1-14,33-34H,(H,29,31)(H,30,32)(H,35,36,37)(H,38,39,40);2-7H,1H3/p-4. The molecule has 0 unspecified atom stereocenters. The first kappa shape index (κ1) is 43.1. The molecule has 2 amide bonds. The maximum absolute atomic E-state index is 13.3. The van der Waals surface area contributed by atoms with Gasteiger partial charge in [-0.1, -0.05) is 36.4 Å². The predicted octanol–water partition coefficient (Wildman–Crippen LogP) is 5.31. The topological polar surface area (TPSA) is 269 Å². The number of amides is 2. The lowest BCUT2D eigenvalue weighted by Gasteiger charge is -2.16. The fourth-order valence-corrected chi connectivity index (χ4v) is 7.76. The van der Waals surface area contributed by atoms with Crippen molar-refractivity contribution in [3.63, 3.8) is 0 Å². The summed E-state index contributed by atoms with van der Waals surface area (Å²) in [7, 11) is -9.88. The molecule has 0 radical (unpaired) electrons. The molecule has 17 nitrogen and oxygen atoms in total. The summed E-state index contributed by atoms with van der Waals surface area (Å²) in [5.41, 5.74) is 1.97. The summed E-state index contributed by atoms with van der Waals surface area (Å²) < 4.78 is 79.2. The Hall–Kier alpha value is -5.53. The molecule has 7 rings (SSSR count). The van der Waals surface area contributed by atoms with Crippen LogP contribution in [0, 0.1) is 6.92 Å². The van der Waals surface area contributed by atoms with Gasteiger partial charge in [0.25, 0.3) is 11.8 Å². The van der Waals surface area contributed by atoms with Gasteiger partial charge in [-0.3, -0.25) is 24.6 Å². The van der Waals surface area contributed by atoms with Crippen LogP contribution in [-0.2, 0) is 39.0 Å². The van der Waals surface area contributed by atoms with E-state index in [0.29, 0.717) is 39.8 Å². The van der Waals surface area contributed by atoms with E-state index in [0.717, 1.165) is 23.7 Å². The van der Waals surface area contributed by atoms with E-state index in [1.807, 2.05) is 30.5 Å². The zero-order valence-corrected chi connectivity index (χ0v) is 33.1. The van der Waals surface area contributed by atoms with Crippen molar-refractivity contribution in [3.8, 4) is 0 Å². The molecule has 0 saturated heterocycles. The molecule has 304 valence electrons. The van der Waals surface area contributed by atoms with Crippen LogP contribution in [0.15, 0.2) is 141 Å². The Morgan fingerprint density at radius 3 is 1.92 bits per heavy atom. The van der Waals surface area contributed by atoms with Crippen LogP contribution in [0.1, 0.15) is 26.3 Å². The van der Waals surface area contributed by atoms with E-state index in [4.69, 9.17) is 0 Å². The maximum Gasteiger partial charge on any atom is 0.255 e. The first-order valence-electron chi connectivity index (χ1n) is 16.5. The van der Waals surface area contributed by atoms with Gasteiger partial charge in [0, 0.05) is 27.6 Å². The first-order valence-corrected chi connectivity index (χ1v) is 20.8. The smallest absolute Gasteiger partial charge is 0.255 e. The molecule has 21 heteroatoms. The molecule has 0 aliphatic carbocycles. The number of nitrogens with zero attached hydrogens (tertiary/aromatic N) is 1. The van der Waals surface area contributed by atoms with Crippen molar-refractivity contribution < 1.29 is 64.8 Å². The van der Waals surface area contributed by atoms with Crippen molar-refractivity contribution in [1.82, 2.24) is 4.98 Å². The van der Waals surface area contributed by atoms with Gasteiger partial charge in [-0.2, -0.15) is 8.67 Å². The molecule has 0 spiro atoms. The minimum Gasteiger partial charge on any atom is -0.744 e. The number of nitrogens with one attached hydrogen (secondary N) is 2. The Kier molecular flexibility index (Phi) is 13.6. The summed E-state index contributed by atoms with van der Waals surface area (Å²) in [5.74, 6) is -1.62. The van der Waals surface area contributed by atoms with E-state index in [-0.39, 0.29) is 38.2 Å². The van der Waals surface area contributed by atoms with Gasteiger partial charge in [0.2, 0.25) is 0 Å². The van der Waals surface area contributed by atoms with Crippen molar-refractivity contribution in [2.24, 2.45) is 0 Å². The Balaban J connectivity index is 0.000000455. The summed E-state index contributed by atoms with van der Waals surface area (Å²) in [5, 5.41) is 34.8. The Morgan fingerprint density at radius 1 is 0.627 bits per heavy atom. The Morgan fingerprint density at radius 2 is 1.25 bits per heavy atom. The highest BCUT2D eigenvalue weighted by Gasteiger charge is 2.18. The number of benzene rings is 6. The van der Waals surface area contributed by atoms with Gasteiger partial charge >= 0.3 is 0 Å². The van der Waals surface area contributed by atoms with Crippen LogP contribution in [0.3, 0.4) is 0 Å². The largest absolute Gasteiger partial charge is 0.744 e. The molecule has 0 fully saturated rings. The van der Waals surface area contributed by atoms with Gasteiger partial charge < -0.3 is 30.3 Å². The van der Waals surface area contributed by atoms with Crippen molar-refractivity contribution in [2.45, 2.75) is 26.5 Å². The quantitative estimate of drug-likeness (QED) is 0.0681. The number of hydrogen-bond donors (Lipinski definition) is 2. The highest BCUT2D eigenvalue weighted by atomic mass is 32.2. The van der Waals surface area contributed by atoms with Crippen LogP contribution in [0.2, 0.25) is 0 Å². The van der Waals surface area contributed by atoms with Gasteiger partial charge in [0.05, 0.1) is 55.7 Å². The second-order valence-electron chi connectivity index (χ2n) is 12.2. The molecular weight excluding hydrogens is 851 g/mol. The maximum atomic E-state index is 13.3. The molecule has 1 aromatic heterocycles. The van der Waals surface area contributed by atoms with Gasteiger partial charge in [0.15, 0.2) is 0 Å². The van der Waals surface area contributed by atoms with E-state index in [1.54, 1.807) is 0 Å². The first-order chi connectivity index (χ1) is 28.1. The fourth-order valence-electron chi connectivity index (χ4n) is 5.72. The molecule has 0 atom stereocenters. The number of rotatable bonds is 12. The van der Waals surface area contributed by atoms with E-state index in [2.05, 4.69) is 47.4 Å². The van der Waals surface area contributed by atoms with Crippen molar-refractivity contribution >= 4 is 100.0 Å². The minimum atomic E-state index is -5.10. The number of hydrogen-bond acceptors (Lipinski definition) is 17. The second kappa shape index (κ2) is 18.6. The van der Waals surface area contributed by atoms with E-state index in [1.165, 1.54) is 77.7 Å². The lowest BCUT2D eigenvalue weighted by atomic mass is 10.1. The van der Waals surface area contributed by atoms with Crippen LogP contribution >= 0.6 is 24.1 Å². The third-order valence-electron chi connectivity index (χ3n) is 8.44. The Bertz CT molecular complexity index is 2950. The summed E-state index contributed by atoms with van der Waals surface area (Å²) in [4.78, 5) is 29.9. The van der Waals surface area contributed by atoms with Gasteiger partial charge in [-0.15, -0.1) is 0 Å². The molecule has 59 heavy (non-hydrogen) atoms. The van der Waals surface area contributed by atoms with Gasteiger partial charge in [-0.05, 0) is 113 Å². The number of carbonyl (C=O) groups is 2. The van der Waals surface area contributed by atoms with Crippen LogP contribution in [0.25, 0.3) is 32.4 Å². The third kappa shape index (κ3) is 10.8. The fraction of sp³-hybridized carbons (Fsp3) is 0.0263. The number of pyridine rings is 1. The van der Waals surface area contributed by atoms with E-state index in [9.17, 15) is 46.0 Å². The average molecular weight is 876 g/mol. The van der Waals surface area contributed by atoms with Gasteiger partial charge in [-0.25, -0.2) is 16.8 Å². The van der Waals surface area contributed by atoms with Crippen LogP contribution < -0.4 is 21.1 Å². The average Bonchev–Trinajstić information content (AvgIpc) is 3.21. The number of para-hydroxylation sites is 1. The summed E-state index contributed by atoms with van der Waals surface area (Å²) >= 11 is 0.938. The zero-order valence-electron chi connectivity index (χ0n) is 29.8. The van der Waals surface area contributed by atoms with Crippen molar-refractivity contribution in [2.75, 3.05) is 10.6 Å². The van der Waals surface area contributed by atoms with Crippen LogP contribution in [0.4, 0.5) is 11.4 Å². The molecule has 0 bridgehead atoms. The van der Waals surface area contributed by atoms with Crippen LogP contribution in [0.5, 0.6) is 0 Å². The summed E-state index contributed by atoms with van der Waals surface area (Å²) in [6.07, 6.45) is 1.84. The highest BCUT2D eigenvalue weighted by Crippen LogP contribution is 2.35. The molecule has 2 N–H and O–H groups in total. The monoisotopic (exact) mass is 875 g/mol. The lowest BCUT2D eigenvalue weighted by Crippen LogP contribution is -2.17. The predicted molar refractivity (Wildman–Crippen MR) is 209 cm³/mol. The Labute approximate surface area is 343 Å². The molecule has 0 aliphatic heterocycles. The summed E-state index contributed by atoms with van der Waals surface area (Å²) in [6, 6.07) is 28.5. The van der Waals surface area contributed by atoms with E-state index >= 15 is 0 Å². The summed E-state index contributed by atoms with van der Waals surface area (Å²) in [6.45, 7) is 2.10. The molecule has 0 aliphatic rings.